The quantitative estimate of drug-likeness (QED) is 0.861. The Labute approximate surface area is 106 Å². The van der Waals surface area contributed by atoms with E-state index in [1.807, 2.05) is 0 Å². The number of halogens is 2. The molecular formula is C11H15ClFNO2S. The van der Waals surface area contributed by atoms with Gasteiger partial charge < -0.3 is 0 Å². The summed E-state index contributed by atoms with van der Waals surface area (Å²) in [5.74, 6) is -0.593. The molecule has 0 aliphatic carbocycles. The molecule has 0 aliphatic heterocycles. The number of rotatable bonds is 4. The number of hydrogen-bond acceptors (Lipinski definition) is 2. The van der Waals surface area contributed by atoms with Gasteiger partial charge in [0.25, 0.3) is 0 Å². The maximum Gasteiger partial charge on any atom is 0.241 e. The van der Waals surface area contributed by atoms with E-state index in [1.54, 1.807) is 20.8 Å². The standard InChI is InChI=1S/C11H15ClFNO2S/c1-8(12)11(2,3)14-17(15,16)10-6-4-5-9(13)7-10/h4-8,14H,1-3H3. The van der Waals surface area contributed by atoms with Gasteiger partial charge in [0.15, 0.2) is 0 Å². The second-order valence-corrected chi connectivity index (χ2v) is 6.74. The van der Waals surface area contributed by atoms with Crippen molar-refractivity contribution in [2.45, 2.75) is 36.6 Å². The van der Waals surface area contributed by atoms with Gasteiger partial charge in [0.2, 0.25) is 10.0 Å². The van der Waals surface area contributed by atoms with E-state index in [9.17, 15) is 12.8 Å². The van der Waals surface area contributed by atoms with Gasteiger partial charge in [-0.05, 0) is 39.0 Å². The first-order valence-electron chi connectivity index (χ1n) is 5.09. The highest BCUT2D eigenvalue weighted by Crippen LogP contribution is 2.19. The lowest BCUT2D eigenvalue weighted by atomic mass is 10.0. The van der Waals surface area contributed by atoms with Gasteiger partial charge in [-0.15, -0.1) is 11.6 Å². The number of nitrogens with one attached hydrogen (secondary N) is 1. The Kier molecular flexibility index (Phi) is 4.17. The fourth-order valence-corrected chi connectivity index (χ4v) is 2.75. The normalized spacial score (nSPS) is 14.6. The minimum atomic E-state index is -3.76. The summed E-state index contributed by atoms with van der Waals surface area (Å²) >= 11 is 5.89. The van der Waals surface area contributed by atoms with Gasteiger partial charge in [-0.25, -0.2) is 17.5 Å². The molecule has 0 amide bonds. The van der Waals surface area contributed by atoms with Crippen molar-refractivity contribution in [3.63, 3.8) is 0 Å². The van der Waals surface area contributed by atoms with Gasteiger partial charge in [0.05, 0.1) is 4.90 Å². The third kappa shape index (κ3) is 3.66. The first kappa shape index (κ1) is 14.4. The highest BCUT2D eigenvalue weighted by atomic mass is 35.5. The number of hydrogen-bond donors (Lipinski definition) is 1. The largest absolute Gasteiger partial charge is 0.241 e. The van der Waals surface area contributed by atoms with Crippen molar-refractivity contribution >= 4 is 21.6 Å². The van der Waals surface area contributed by atoms with Crippen molar-refractivity contribution in [2.24, 2.45) is 0 Å². The Morgan fingerprint density at radius 3 is 2.47 bits per heavy atom. The molecule has 0 spiro atoms. The lowest BCUT2D eigenvalue weighted by Crippen LogP contribution is -2.48. The topological polar surface area (TPSA) is 46.2 Å². The molecule has 1 aromatic carbocycles. The molecule has 1 rings (SSSR count). The van der Waals surface area contributed by atoms with E-state index < -0.39 is 26.8 Å². The highest BCUT2D eigenvalue weighted by molar-refractivity contribution is 7.89. The Balaban J connectivity index is 3.06. The van der Waals surface area contributed by atoms with E-state index in [2.05, 4.69) is 4.72 Å². The Morgan fingerprint density at radius 2 is 2.00 bits per heavy atom. The van der Waals surface area contributed by atoms with E-state index in [0.717, 1.165) is 6.07 Å². The van der Waals surface area contributed by atoms with Crippen LogP contribution in [0.4, 0.5) is 4.39 Å². The van der Waals surface area contributed by atoms with E-state index >= 15 is 0 Å². The van der Waals surface area contributed by atoms with Crippen molar-refractivity contribution in [3.05, 3.63) is 30.1 Å². The molecule has 1 aromatic rings. The summed E-state index contributed by atoms with van der Waals surface area (Å²) in [5, 5.41) is -0.397. The minimum absolute atomic E-state index is 0.108. The molecule has 1 atom stereocenters. The number of sulfonamides is 1. The average molecular weight is 280 g/mol. The lowest BCUT2D eigenvalue weighted by Gasteiger charge is -2.28. The maximum absolute atomic E-state index is 13.0. The molecule has 0 aliphatic rings. The molecule has 0 saturated heterocycles. The summed E-state index contributed by atoms with van der Waals surface area (Å²) in [4.78, 5) is -0.108. The molecule has 0 fully saturated rings. The Bertz CT molecular complexity index is 500. The Hall–Kier alpha value is -0.650. The van der Waals surface area contributed by atoms with E-state index in [4.69, 9.17) is 11.6 Å². The molecule has 0 saturated carbocycles. The van der Waals surface area contributed by atoms with Gasteiger partial charge in [0.1, 0.15) is 5.82 Å². The van der Waals surface area contributed by atoms with Crippen LogP contribution >= 0.6 is 11.6 Å². The van der Waals surface area contributed by atoms with Crippen LogP contribution in [0.2, 0.25) is 0 Å². The summed E-state index contributed by atoms with van der Waals surface area (Å²) in [5.41, 5.74) is -0.813. The van der Waals surface area contributed by atoms with Crippen molar-refractivity contribution in [1.29, 1.82) is 0 Å². The zero-order valence-corrected chi connectivity index (χ0v) is 11.4. The average Bonchev–Trinajstić information content (AvgIpc) is 2.15. The van der Waals surface area contributed by atoms with Crippen LogP contribution in [0.25, 0.3) is 0 Å². The summed E-state index contributed by atoms with van der Waals surface area (Å²) < 4.78 is 39.4. The number of benzene rings is 1. The summed E-state index contributed by atoms with van der Waals surface area (Å²) in [7, 11) is -3.76. The van der Waals surface area contributed by atoms with Gasteiger partial charge in [-0.1, -0.05) is 6.07 Å². The number of alkyl halides is 1. The van der Waals surface area contributed by atoms with Crippen LogP contribution in [0.1, 0.15) is 20.8 Å². The molecule has 1 N–H and O–H groups in total. The van der Waals surface area contributed by atoms with Crippen LogP contribution in [-0.2, 0) is 10.0 Å². The second-order valence-electron chi connectivity index (χ2n) is 4.40. The first-order valence-corrected chi connectivity index (χ1v) is 7.01. The molecule has 1 unspecified atom stereocenters. The van der Waals surface area contributed by atoms with Gasteiger partial charge >= 0.3 is 0 Å². The van der Waals surface area contributed by atoms with Crippen molar-refractivity contribution in [1.82, 2.24) is 4.72 Å². The molecule has 0 heterocycles. The molecule has 6 heteroatoms. The Morgan fingerprint density at radius 1 is 1.41 bits per heavy atom. The fourth-order valence-electron chi connectivity index (χ4n) is 1.12. The molecule has 0 radical (unpaired) electrons. The minimum Gasteiger partial charge on any atom is -0.207 e. The molecule has 0 bridgehead atoms. The molecule has 0 aromatic heterocycles. The molecule has 17 heavy (non-hydrogen) atoms. The summed E-state index contributed by atoms with van der Waals surface area (Å²) in [6.45, 7) is 5.03. The van der Waals surface area contributed by atoms with Crippen LogP contribution in [0, 0.1) is 5.82 Å². The molecular weight excluding hydrogens is 265 g/mol. The highest BCUT2D eigenvalue weighted by Gasteiger charge is 2.30. The van der Waals surface area contributed by atoms with Crippen molar-refractivity contribution in [2.75, 3.05) is 0 Å². The van der Waals surface area contributed by atoms with E-state index in [0.29, 0.717) is 0 Å². The maximum atomic E-state index is 13.0. The van der Waals surface area contributed by atoms with Crippen molar-refractivity contribution in [3.8, 4) is 0 Å². The predicted molar refractivity (Wildman–Crippen MR) is 66.1 cm³/mol. The first-order chi connectivity index (χ1) is 7.65. The zero-order chi connectivity index (χ0) is 13.3. The van der Waals surface area contributed by atoms with E-state index in [1.165, 1.54) is 18.2 Å². The third-order valence-electron chi connectivity index (χ3n) is 2.50. The van der Waals surface area contributed by atoms with Crippen LogP contribution in [0.15, 0.2) is 29.2 Å². The van der Waals surface area contributed by atoms with Gasteiger partial charge in [0, 0.05) is 10.9 Å². The van der Waals surface area contributed by atoms with Crippen molar-refractivity contribution < 1.29 is 12.8 Å². The van der Waals surface area contributed by atoms with Crippen LogP contribution in [0.5, 0.6) is 0 Å². The monoisotopic (exact) mass is 279 g/mol. The summed E-state index contributed by atoms with van der Waals surface area (Å²) in [6.07, 6.45) is 0. The molecule has 3 nitrogen and oxygen atoms in total. The lowest BCUT2D eigenvalue weighted by molar-refractivity contribution is 0.445. The molecule has 96 valence electrons. The van der Waals surface area contributed by atoms with Crippen LogP contribution < -0.4 is 4.72 Å². The predicted octanol–water partition coefficient (Wildman–Crippen LogP) is 2.51. The third-order valence-corrected chi connectivity index (χ3v) is 4.71. The van der Waals surface area contributed by atoms with Gasteiger partial charge in [-0.3, -0.25) is 0 Å². The SMILES string of the molecule is CC(Cl)C(C)(C)NS(=O)(=O)c1cccc(F)c1. The second kappa shape index (κ2) is 4.92. The van der Waals surface area contributed by atoms with Crippen LogP contribution in [0.3, 0.4) is 0 Å². The smallest absolute Gasteiger partial charge is 0.207 e. The zero-order valence-electron chi connectivity index (χ0n) is 9.87. The van der Waals surface area contributed by atoms with Gasteiger partial charge in [-0.2, -0.15) is 0 Å². The fraction of sp³-hybridized carbons (Fsp3) is 0.455. The summed E-state index contributed by atoms with van der Waals surface area (Å²) in [6, 6.07) is 4.84. The van der Waals surface area contributed by atoms with Crippen LogP contribution in [-0.4, -0.2) is 19.3 Å². The van der Waals surface area contributed by atoms with E-state index in [-0.39, 0.29) is 4.90 Å².